The highest BCUT2D eigenvalue weighted by Crippen LogP contribution is 2.53. The number of amides is 5. The van der Waals surface area contributed by atoms with Gasteiger partial charge in [-0.1, -0.05) is 12.1 Å². The highest BCUT2D eigenvalue weighted by Gasteiger charge is 2.49. The van der Waals surface area contributed by atoms with Crippen molar-refractivity contribution in [3.05, 3.63) is 82.8 Å². The minimum absolute atomic E-state index is 0.0751. The molecule has 4 fully saturated rings. The van der Waals surface area contributed by atoms with Crippen molar-refractivity contribution >= 4 is 51.8 Å². The molecule has 2 aromatic heterocycles. The minimum Gasteiger partial charge on any atom is -0.386 e. The molecule has 9 rings (SSSR count). The molecule has 0 radical (unpaired) electrons. The Morgan fingerprint density at radius 2 is 1.66 bits per heavy atom. The van der Waals surface area contributed by atoms with Crippen molar-refractivity contribution in [2.75, 3.05) is 24.2 Å². The van der Waals surface area contributed by atoms with Gasteiger partial charge >= 0.3 is 6.18 Å². The molecule has 3 aliphatic carbocycles. The summed E-state index contributed by atoms with van der Waals surface area (Å²) in [6, 6.07) is 11.6. The average molecular weight is 883 g/mol. The molecule has 1 spiro atoms. The van der Waals surface area contributed by atoms with E-state index in [1.165, 1.54) is 6.07 Å². The first-order valence-electron chi connectivity index (χ1n) is 22.3. The second kappa shape index (κ2) is 16.4. The number of pyridine rings is 1. The molecular formula is C47H53F3N8O6. The third kappa shape index (κ3) is 8.39. The Morgan fingerprint density at radius 1 is 0.938 bits per heavy atom. The van der Waals surface area contributed by atoms with E-state index in [9.17, 15) is 42.3 Å². The molecule has 2 aromatic carbocycles. The zero-order valence-corrected chi connectivity index (χ0v) is 36.1. The van der Waals surface area contributed by atoms with Gasteiger partial charge in [0, 0.05) is 53.6 Å². The van der Waals surface area contributed by atoms with E-state index in [4.69, 9.17) is 5.10 Å². The molecule has 14 nitrogen and oxygen atoms in total. The van der Waals surface area contributed by atoms with Crippen molar-refractivity contribution in [2.24, 2.45) is 11.3 Å². The number of carbonyl (C=O) groups excluding carboxylic acids is 5. The van der Waals surface area contributed by atoms with Crippen molar-refractivity contribution in [3.8, 4) is 0 Å². The lowest BCUT2D eigenvalue weighted by Gasteiger charge is -2.53. The van der Waals surface area contributed by atoms with Crippen LogP contribution in [0.25, 0.3) is 10.9 Å². The van der Waals surface area contributed by atoms with Gasteiger partial charge in [0.05, 0.1) is 28.3 Å². The Balaban J connectivity index is 0.759. The number of rotatable bonds is 10. The quantitative estimate of drug-likeness (QED) is 0.119. The molecule has 338 valence electrons. The van der Waals surface area contributed by atoms with E-state index in [1.54, 1.807) is 38.1 Å². The molecule has 4 heterocycles. The summed E-state index contributed by atoms with van der Waals surface area (Å²) >= 11 is 0. The second-order valence-electron chi connectivity index (χ2n) is 19.3. The van der Waals surface area contributed by atoms with E-state index in [2.05, 4.69) is 32.9 Å². The summed E-state index contributed by atoms with van der Waals surface area (Å²) in [5.41, 5.74) is -0.235. The Morgan fingerprint density at radius 3 is 2.34 bits per heavy atom. The number of hydrogen-bond acceptors (Lipinski definition) is 10. The van der Waals surface area contributed by atoms with Crippen molar-refractivity contribution in [3.63, 3.8) is 0 Å². The van der Waals surface area contributed by atoms with E-state index in [1.807, 2.05) is 16.9 Å². The first-order chi connectivity index (χ1) is 30.4. The van der Waals surface area contributed by atoms with Gasteiger partial charge in [-0.15, -0.1) is 0 Å². The van der Waals surface area contributed by atoms with Crippen LogP contribution in [0.2, 0.25) is 0 Å². The van der Waals surface area contributed by atoms with Gasteiger partial charge in [-0.2, -0.15) is 18.3 Å². The van der Waals surface area contributed by atoms with Crippen molar-refractivity contribution in [1.29, 1.82) is 0 Å². The highest BCUT2D eigenvalue weighted by atomic mass is 19.4. The van der Waals surface area contributed by atoms with Gasteiger partial charge in [0.2, 0.25) is 11.8 Å². The predicted octanol–water partition coefficient (Wildman–Crippen LogP) is 7.20. The van der Waals surface area contributed by atoms with Crippen LogP contribution in [-0.2, 0) is 21.4 Å². The SMILES string of the molecule is CN(CC1CCC(n2cc3cc(C(C)(C)O)c(NC(=O)c4cccc(C(F)(F)F)n4)cc3n2)CC1)C1CCC2(CC1)CC(Nc1cccc3c1C(=O)N(C1CCC(=O)NC1=O)C3=O)C2. The van der Waals surface area contributed by atoms with Crippen molar-refractivity contribution in [1.82, 2.24) is 29.9 Å². The highest BCUT2D eigenvalue weighted by molar-refractivity contribution is 6.25. The van der Waals surface area contributed by atoms with Gasteiger partial charge in [0.15, 0.2) is 0 Å². The number of carbonyl (C=O) groups is 5. The van der Waals surface area contributed by atoms with Gasteiger partial charge in [-0.25, -0.2) is 4.98 Å². The second-order valence-corrected chi connectivity index (χ2v) is 19.3. The lowest BCUT2D eigenvalue weighted by molar-refractivity contribution is -0.141. The number of aromatic nitrogens is 3. The number of halogens is 3. The summed E-state index contributed by atoms with van der Waals surface area (Å²) in [7, 11) is 2.24. The van der Waals surface area contributed by atoms with Crippen LogP contribution in [0.5, 0.6) is 0 Å². The number of imide groups is 2. The molecule has 5 amide bonds. The fourth-order valence-electron chi connectivity index (χ4n) is 10.9. The van der Waals surface area contributed by atoms with Crippen LogP contribution in [0.15, 0.2) is 54.7 Å². The molecule has 0 bridgehead atoms. The van der Waals surface area contributed by atoms with Crippen LogP contribution >= 0.6 is 0 Å². The van der Waals surface area contributed by atoms with Gasteiger partial charge in [-0.05, 0) is 139 Å². The van der Waals surface area contributed by atoms with Crippen LogP contribution < -0.4 is 16.0 Å². The molecule has 17 heteroatoms. The molecule has 5 aliphatic rings. The fraction of sp³-hybridized carbons (Fsp3) is 0.511. The monoisotopic (exact) mass is 882 g/mol. The summed E-state index contributed by atoms with van der Waals surface area (Å²) < 4.78 is 41.8. The molecule has 1 atom stereocenters. The van der Waals surface area contributed by atoms with Crippen LogP contribution in [-0.4, -0.2) is 90.9 Å². The number of alkyl halides is 3. The Kier molecular flexibility index (Phi) is 11.2. The zero-order chi connectivity index (χ0) is 45.3. The van der Waals surface area contributed by atoms with E-state index in [-0.39, 0.29) is 41.6 Å². The minimum atomic E-state index is -4.70. The standard InChI is InChI=1S/C47H53F3N8O6/c1-45(2,64)32-20-27-25-57(55-35(27)21-36(32)53-41(60)34-8-5-9-38(52-34)47(48,49)50)30-12-10-26(11-13-30)24-56(3)29-16-18-46(19-17-29)22-28(23-46)51-33-7-4-6-31-40(33)44(63)58(43(31)62)37-14-15-39(59)54-42(37)61/h4-9,20-21,25-26,28-30,37,51,64H,10-19,22-24H2,1-3H3,(H,53,60)(H,54,59,61). The average Bonchev–Trinajstić information content (AvgIpc) is 3.77. The fourth-order valence-corrected chi connectivity index (χ4v) is 10.9. The van der Waals surface area contributed by atoms with Crippen LogP contribution in [0.4, 0.5) is 24.5 Å². The molecule has 64 heavy (non-hydrogen) atoms. The van der Waals surface area contributed by atoms with Crippen LogP contribution in [0, 0.1) is 11.3 Å². The maximum Gasteiger partial charge on any atom is 0.433 e. The largest absolute Gasteiger partial charge is 0.433 e. The lowest BCUT2D eigenvalue weighted by atomic mass is 9.57. The molecule has 1 unspecified atom stereocenters. The van der Waals surface area contributed by atoms with E-state index in [0.717, 1.165) is 93.2 Å². The Hall–Kier alpha value is -5.68. The summed E-state index contributed by atoms with van der Waals surface area (Å²) in [5, 5.41) is 25.1. The number of piperidine rings is 1. The van der Waals surface area contributed by atoms with E-state index < -0.39 is 58.7 Å². The van der Waals surface area contributed by atoms with E-state index >= 15 is 0 Å². The normalized spacial score (nSPS) is 26.3. The summed E-state index contributed by atoms with van der Waals surface area (Å²) in [6.45, 7) is 4.19. The number of nitrogens with one attached hydrogen (secondary N) is 3. The predicted molar refractivity (Wildman–Crippen MR) is 230 cm³/mol. The number of nitrogens with zero attached hydrogens (tertiary/aromatic N) is 5. The smallest absolute Gasteiger partial charge is 0.386 e. The van der Waals surface area contributed by atoms with Crippen molar-refractivity contribution < 1.29 is 42.3 Å². The van der Waals surface area contributed by atoms with Gasteiger partial charge in [0.1, 0.15) is 17.4 Å². The van der Waals surface area contributed by atoms with Crippen LogP contribution in [0.1, 0.15) is 139 Å². The molecule has 1 saturated heterocycles. The topological polar surface area (TPSA) is 179 Å². The van der Waals surface area contributed by atoms with E-state index in [0.29, 0.717) is 34.3 Å². The zero-order valence-electron chi connectivity index (χ0n) is 36.1. The Labute approximate surface area is 368 Å². The molecule has 3 saturated carbocycles. The van der Waals surface area contributed by atoms with Crippen LogP contribution in [0.3, 0.4) is 0 Å². The summed E-state index contributed by atoms with van der Waals surface area (Å²) in [4.78, 5) is 71.3. The summed E-state index contributed by atoms with van der Waals surface area (Å²) in [5.74, 6) is -2.30. The number of anilines is 2. The lowest BCUT2D eigenvalue weighted by Crippen LogP contribution is -2.54. The molecular weight excluding hydrogens is 830 g/mol. The third-order valence-corrected chi connectivity index (χ3v) is 14.4. The number of fused-ring (bicyclic) bond motifs is 2. The maximum atomic E-state index is 13.6. The number of aliphatic hydroxyl groups is 1. The van der Waals surface area contributed by atoms with Gasteiger partial charge in [-0.3, -0.25) is 38.9 Å². The first-order valence-corrected chi connectivity index (χ1v) is 22.3. The van der Waals surface area contributed by atoms with Crippen molar-refractivity contribution in [2.45, 2.75) is 127 Å². The number of benzene rings is 2. The molecule has 2 aliphatic heterocycles. The first kappa shape index (κ1) is 43.6. The summed E-state index contributed by atoms with van der Waals surface area (Å²) in [6.07, 6.45) is 7.97. The van der Waals surface area contributed by atoms with Gasteiger partial charge in [0.25, 0.3) is 17.7 Å². The maximum absolute atomic E-state index is 13.6. The third-order valence-electron chi connectivity index (χ3n) is 14.4. The molecule has 4 N–H and O–H groups in total. The molecule has 4 aromatic rings. The van der Waals surface area contributed by atoms with Gasteiger partial charge < -0.3 is 20.6 Å². The Bertz CT molecular complexity index is 2530. The number of hydrogen-bond donors (Lipinski definition) is 4.